The number of amides is 1. The van der Waals surface area contributed by atoms with E-state index in [0.717, 1.165) is 0 Å². The standard InChI is InChI=1S/C11H13NO4/c1-7(13)12-9-5-3-8(4-6-9)10(14)11(15)16-2/h3-6,10,14H,1-2H3,(H,12,13). The van der Waals surface area contributed by atoms with Crippen LogP contribution in [0.4, 0.5) is 5.69 Å². The molecule has 1 aromatic carbocycles. The summed E-state index contributed by atoms with van der Waals surface area (Å²) < 4.78 is 4.40. The molecule has 1 unspecified atom stereocenters. The van der Waals surface area contributed by atoms with E-state index < -0.39 is 12.1 Å². The Morgan fingerprint density at radius 1 is 1.31 bits per heavy atom. The van der Waals surface area contributed by atoms with Gasteiger partial charge in [-0.15, -0.1) is 0 Å². The van der Waals surface area contributed by atoms with E-state index >= 15 is 0 Å². The molecule has 2 N–H and O–H groups in total. The molecule has 0 saturated heterocycles. The van der Waals surface area contributed by atoms with Gasteiger partial charge in [0.2, 0.25) is 5.91 Å². The summed E-state index contributed by atoms with van der Waals surface area (Å²) in [5.74, 6) is -0.895. The first-order chi connectivity index (χ1) is 7.54. The lowest BCUT2D eigenvalue weighted by molar-refractivity contribution is -0.150. The summed E-state index contributed by atoms with van der Waals surface area (Å²) in [4.78, 5) is 21.8. The van der Waals surface area contributed by atoms with Crippen LogP contribution in [0.1, 0.15) is 18.6 Å². The number of hydrogen-bond donors (Lipinski definition) is 2. The van der Waals surface area contributed by atoms with Crippen LogP contribution in [0.2, 0.25) is 0 Å². The molecule has 0 aliphatic carbocycles. The fraction of sp³-hybridized carbons (Fsp3) is 0.273. The van der Waals surface area contributed by atoms with Crippen LogP contribution in [-0.4, -0.2) is 24.1 Å². The molecular weight excluding hydrogens is 210 g/mol. The third kappa shape index (κ3) is 3.06. The second kappa shape index (κ2) is 5.27. The highest BCUT2D eigenvalue weighted by Gasteiger charge is 2.17. The summed E-state index contributed by atoms with van der Waals surface area (Å²) in [6.45, 7) is 1.40. The number of aliphatic hydroxyl groups is 1. The van der Waals surface area contributed by atoms with Crippen LogP contribution in [0.5, 0.6) is 0 Å². The Morgan fingerprint density at radius 2 is 1.88 bits per heavy atom. The first-order valence-corrected chi connectivity index (χ1v) is 4.68. The largest absolute Gasteiger partial charge is 0.467 e. The molecular formula is C11H13NO4. The number of carbonyl (C=O) groups is 2. The molecule has 0 heterocycles. The number of methoxy groups -OCH3 is 1. The predicted molar refractivity (Wildman–Crippen MR) is 57.7 cm³/mol. The maximum Gasteiger partial charge on any atom is 0.339 e. The Bertz CT molecular complexity index is 385. The number of ether oxygens (including phenoxy) is 1. The van der Waals surface area contributed by atoms with E-state index in [1.165, 1.54) is 14.0 Å². The topological polar surface area (TPSA) is 75.6 Å². The fourth-order valence-corrected chi connectivity index (χ4v) is 1.20. The van der Waals surface area contributed by atoms with Crippen LogP contribution in [0.15, 0.2) is 24.3 Å². The minimum Gasteiger partial charge on any atom is -0.467 e. The Labute approximate surface area is 93.0 Å². The van der Waals surface area contributed by atoms with Crippen LogP contribution < -0.4 is 5.32 Å². The average Bonchev–Trinajstić information content (AvgIpc) is 2.27. The van der Waals surface area contributed by atoms with Crippen molar-refractivity contribution in [2.45, 2.75) is 13.0 Å². The number of rotatable bonds is 3. The Morgan fingerprint density at radius 3 is 2.31 bits per heavy atom. The molecule has 5 heteroatoms. The third-order valence-electron chi connectivity index (χ3n) is 1.97. The van der Waals surface area contributed by atoms with E-state index in [1.54, 1.807) is 24.3 Å². The zero-order chi connectivity index (χ0) is 12.1. The molecule has 1 atom stereocenters. The molecule has 5 nitrogen and oxygen atoms in total. The van der Waals surface area contributed by atoms with Crippen LogP contribution in [0, 0.1) is 0 Å². The Balaban J connectivity index is 2.78. The predicted octanol–water partition coefficient (Wildman–Crippen LogP) is 0.851. The summed E-state index contributed by atoms with van der Waals surface area (Å²) in [5.41, 5.74) is 1.02. The fourth-order valence-electron chi connectivity index (χ4n) is 1.20. The molecule has 1 aromatic rings. The monoisotopic (exact) mass is 223 g/mol. The highest BCUT2D eigenvalue weighted by molar-refractivity contribution is 5.88. The van der Waals surface area contributed by atoms with Gasteiger partial charge in [0.25, 0.3) is 0 Å². The maximum atomic E-state index is 11.0. The lowest BCUT2D eigenvalue weighted by Crippen LogP contribution is -2.13. The zero-order valence-corrected chi connectivity index (χ0v) is 9.06. The molecule has 0 radical (unpaired) electrons. The highest BCUT2D eigenvalue weighted by Crippen LogP contribution is 2.17. The van der Waals surface area contributed by atoms with Gasteiger partial charge in [0.1, 0.15) is 0 Å². The van der Waals surface area contributed by atoms with Crippen molar-refractivity contribution < 1.29 is 19.4 Å². The number of hydrogen-bond acceptors (Lipinski definition) is 4. The van der Waals surface area contributed by atoms with Gasteiger partial charge in [0.15, 0.2) is 6.10 Å². The van der Waals surface area contributed by atoms with Crippen LogP contribution >= 0.6 is 0 Å². The molecule has 0 aromatic heterocycles. The van der Waals surface area contributed by atoms with Gasteiger partial charge in [-0.3, -0.25) is 4.79 Å². The van der Waals surface area contributed by atoms with E-state index in [9.17, 15) is 14.7 Å². The van der Waals surface area contributed by atoms with E-state index in [4.69, 9.17) is 0 Å². The number of carbonyl (C=O) groups excluding carboxylic acids is 2. The molecule has 0 fully saturated rings. The number of aliphatic hydroxyl groups excluding tert-OH is 1. The molecule has 0 spiro atoms. The molecule has 0 saturated carbocycles. The van der Waals surface area contributed by atoms with Gasteiger partial charge >= 0.3 is 5.97 Å². The van der Waals surface area contributed by atoms with E-state index in [-0.39, 0.29) is 5.91 Å². The summed E-state index contributed by atoms with van der Waals surface area (Å²) in [5, 5.41) is 12.1. The van der Waals surface area contributed by atoms with Crippen molar-refractivity contribution in [1.29, 1.82) is 0 Å². The quantitative estimate of drug-likeness (QED) is 0.745. The number of anilines is 1. The van der Waals surface area contributed by atoms with Gasteiger partial charge in [0, 0.05) is 12.6 Å². The van der Waals surface area contributed by atoms with Gasteiger partial charge in [-0.25, -0.2) is 4.79 Å². The number of esters is 1. The highest BCUT2D eigenvalue weighted by atomic mass is 16.5. The van der Waals surface area contributed by atoms with Crippen LogP contribution in [0.3, 0.4) is 0 Å². The SMILES string of the molecule is COC(=O)C(O)c1ccc(NC(C)=O)cc1. The first-order valence-electron chi connectivity index (χ1n) is 4.68. The van der Waals surface area contributed by atoms with Gasteiger partial charge in [-0.1, -0.05) is 12.1 Å². The average molecular weight is 223 g/mol. The van der Waals surface area contributed by atoms with Crippen molar-refractivity contribution in [2.24, 2.45) is 0 Å². The molecule has 1 amide bonds. The Kier molecular flexibility index (Phi) is 4.02. The molecule has 1 rings (SSSR count). The smallest absolute Gasteiger partial charge is 0.339 e. The summed E-state index contributed by atoms with van der Waals surface area (Å²) in [7, 11) is 1.21. The molecule has 16 heavy (non-hydrogen) atoms. The number of nitrogens with one attached hydrogen (secondary N) is 1. The van der Waals surface area contributed by atoms with Crippen molar-refractivity contribution in [3.05, 3.63) is 29.8 Å². The number of benzene rings is 1. The van der Waals surface area contributed by atoms with Gasteiger partial charge < -0.3 is 15.2 Å². The van der Waals surface area contributed by atoms with Crippen molar-refractivity contribution in [3.8, 4) is 0 Å². The van der Waals surface area contributed by atoms with Crippen LogP contribution in [0.25, 0.3) is 0 Å². The van der Waals surface area contributed by atoms with Crippen molar-refractivity contribution in [2.75, 3.05) is 12.4 Å². The van der Waals surface area contributed by atoms with Crippen molar-refractivity contribution >= 4 is 17.6 Å². The van der Waals surface area contributed by atoms with Crippen LogP contribution in [-0.2, 0) is 14.3 Å². The zero-order valence-electron chi connectivity index (χ0n) is 9.06. The second-order valence-corrected chi connectivity index (χ2v) is 3.23. The summed E-state index contributed by atoms with van der Waals surface area (Å²) >= 11 is 0. The summed E-state index contributed by atoms with van der Waals surface area (Å²) in [6.07, 6.45) is -1.30. The molecule has 86 valence electrons. The van der Waals surface area contributed by atoms with Crippen molar-refractivity contribution in [3.63, 3.8) is 0 Å². The molecule has 0 aliphatic heterocycles. The maximum absolute atomic E-state index is 11.0. The second-order valence-electron chi connectivity index (χ2n) is 3.23. The van der Waals surface area contributed by atoms with Gasteiger partial charge in [-0.05, 0) is 17.7 Å². The molecule has 0 aliphatic rings. The third-order valence-corrected chi connectivity index (χ3v) is 1.97. The Hall–Kier alpha value is -1.88. The minimum atomic E-state index is -1.30. The van der Waals surface area contributed by atoms with Crippen molar-refractivity contribution in [1.82, 2.24) is 0 Å². The van der Waals surface area contributed by atoms with E-state index in [1.807, 2.05) is 0 Å². The van der Waals surface area contributed by atoms with E-state index in [2.05, 4.69) is 10.1 Å². The minimum absolute atomic E-state index is 0.179. The lowest BCUT2D eigenvalue weighted by Gasteiger charge is -2.09. The van der Waals surface area contributed by atoms with E-state index in [0.29, 0.717) is 11.3 Å². The normalized spacial score (nSPS) is 11.7. The van der Waals surface area contributed by atoms with Gasteiger partial charge in [0.05, 0.1) is 7.11 Å². The first kappa shape index (κ1) is 12.2. The lowest BCUT2D eigenvalue weighted by atomic mass is 10.1. The summed E-state index contributed by atoms with van der Waals surface area (Å²) in [6, 6.07) is 6.30. The molecule has 0 bridgehead atoms. The van der Waals surface area contributed by atoms with Gasteiger partial charge in [-0.2, -0.15) is 0 Å².